The molecule has 3 N–H and O–H groups in total. The van der Waals surface area contributed by atoms with Gasteiger partial charge in [0.1, 0.15) is 18.2 Å². The van der Waals surface area contributed by atoms with Crippen molar-refractivity contribution in [3.63, 3.8) is 0 Å². The van der Waals surface area contributed by atoms with Crippen molar-refractivity contribution in [2.75, 3.05) is 20.7 Å². The summed E-state index contributed by atoms with van der Waals surface area (Å²) in [5.74, 6) is 0.512. The first-order chi connectivity index (χ1) is 11.9. The molecule has 1 saturated heterocycles. The largest absolute Gasteiger partial charge is 0.394 e. The second-order valence-electron chi connectivity index (χ2n) is 5.93. The van der Waals surface area contributed by atoms with Gasteiger partial charge in [-0.05, 0) is 6.08 Å². The molecule has 134 valence electrons. The quantitative estimate of drug-likeness (QED) is 0.496. The van der Waals surface area contributed by atoms with Gasteiger partial charge in [0.2, 0.25) is 5.95 Å². The summed E-state index contributed by atoms with van der Waals surface area (Å²) in [4.78, 5) is 29.3. The van der Waals surface area contributed by atoms with Gasteiger partial charge in [-0.1, -0.05) is 6.58 Å². The highest BCUT2D eigenvalue weighted by molar-refractivity contribution is 5.74. The topological polar surface area (TPSA) is 129 Å². The third-order valence-corrected chi connectivity index (χ3v) is 3.83. The van der Waals surface area contributed by atoms with E-state index in [1.165, 1.54) is 12.4 Å². The molecule has 0 radical (unpaired) electrons. The summed E-state index contributed by atoms with van der Waals surface area (Å²) in [6, 6.07) is 0. The molecule has 3 atom stereocenters. The predicted molar refractivity (Wildman–Crippen MR) is 91.7 cm³/mol. The molecule has 3 heterocycles. The lowest BCUT2D eigenvalue weighted by atomic mass is 10.2. The Morgan fingerprint density at radius 1 is 1.52 bits per heavy atom. The Balaban J connectivity index is 2.13. The van der Waals surface area contributed by atoms with Crippen molar-refractivity contribution in [1.29, 1.82) is 0 Å². The van der Waals surface area contributed by atoms with Crippen LogP contribution in [0.1, 0.15) is 18.5 Å². The molecule has 2 aromatic heterocycles. The third-order valence-electron chi connectivity index (χ3n) is 3.83. The summed E-state index contributed by atoms with van der Waals surface area (Å²) < 4.78 is 7.26. The van der Waals surface area contributed by atoms with Crippen molar-refractivity contribution in [1.82, 2.24) is 24.4 Å². The van der Waals surface area contributed by atoms with E-state index in [1.54, 1.807) is 23.6 Å². The Kier molecular flexibility index (Phi) is 4.66. The SMILES string of the molecule is C=Cc1nc2c(=O)[nH]c(/N=C/N(C)C)nc2n1[C@H]1C[C@H](O)[C@@H](CO)O1. The van der Waals surface area contributed by atoms with E-state index in [-0.39, 0.29) is 30.1 Å². The van der Waals surface area contributed by atoms with E-state index >= 15 is 0 Å². The third kappa shape index (κ3) is 3.18. The fraction of sp³-hybridized carbons (Fsp3) is 0.467. The van der Waals surface area contributed by atoms with Crippen LogP contribution < -0.4 is 5.56 Å². The Bertz CT molecular complexity index is 871. The molecule has 0 amide bonds. The van der Waals surface area contributed by atoms with Crippen LogP contribution in [0.15, 0.2) is 16.4 Å². The number of aromatic nitrogens is 4. The zero-order valence-corrected chi connectivity index (χ0v) is 14.0. The van der Waals surface area contributed by atoms with Gasteiger partial charge in [-0.2, -0.15) is 4.98 Å². The van der Waals surface area contributed by atoms with Gasteiger partial charge in [0.05, 0.1) is 19.0 Å². The zero-order chi connectivity index (χ0) is 18.1. The molecule has 10 heteroatoms. The van der Waals surface area contributed by atoms with Gasteiger partial charge in [0.15, 0.2) is 11.2 Å². The Morgan fingerprint density at radius 3 is 2.88 bits per heavy atom. The first-order valence-electron chi connectivity index (χ1n) is 7.74. The van der Waals surface area contributed by atoms with Gasteiger partial charge < -0.3 is 19.8 Å². The lowest BCUT2D eigenvalue weighted by molar-refractivity contribution is -0.0433. The fourth-order valence-corrected chi connectivity index (χ4v) is 2.69. The van der Waals surface area contributed by atoms with Crippen LogP contribution in [0.5, 0.6) is 0 Å². The number of ether oxygens (including phenoxy) is 1. The first kappa shape index (κ1) is 17.3. The monoisotopic (exact) mass is 348 g/mol. The molecule has 1 fully saturated rings. The number of hydrogen-bond acceptors (Lipinski definition) is 7. The number of rotatable bonds is 5. The molecule has 0 spiro atoms. The average Bonchev–Trinajstić information content (AvgIpc) is 3.12. The van der Waals surface area contributed by atoms with E-state index in [4.69, 9.17) is 4.74 Å². The minimum Gasteiger partial charge on any atom is -0.394 e. The standard InChI is InChI=1S/C15H20N6O4/c1-4-10-17-12-13(18-15(19-14(12)24)16-7-20(2)3)21(10)11-5-8(23)9(6-22)25-11/h4,7-9,11,22-23H,1,5-6H2,2-3H3,(H,18,19,24)/b16-7+/t8-,9+,11+/m0/s1. The van der Waals surface area contributed by atoms with Crippen LogP contribution in [0.25, 0.3) is 17.2 Å². The molecule has 25 heavy (non-hydrogen) atoms. The number of aliphatic hydroxyl groups excluding tert-OH is 2. The number of H-pyrrole nitrogens is 1. The molecule has 0 aromatic carbocycles. The van der Waals surface area contributed by atoms with Gasteiger partial charge in [-0.15, -0.1) is 0 Å². The second-order valence-corrected chi connectivity index (χ2v) is 5.93. The van der Waals surface area contributed by atoms with Gasteiger partial charge in [-0.25, -0.2) is 9.98 Å². The highest BCUT2D eigenvalue weighted by Gasteiger charge is 2.36. The lowest BCUT2D eigenvalue weighted by Gasteiger charge is -2.15. The number of aliphatic imine (C=N–C) groups is 1. The van der Waals surface area contributed by atoms with Crippen LogP contribution in [0.4, 0.5) is 5.95 Å². The van der Waals surface area contributed by atoms with E-state index in [0.29, 0.717) is 5.82 Å². The molecule has 1 aliphatic heterocycles. The molecular weight excluding hydrogens is 328 g/mol. The van der Waals surface area contributed by atoms with Crippen molar-refractivity contribution in [3.05, 3.63) is 22.8 Å². The van der Waals surface area contributed by atoms with Crippen molar-refractivity contribution in [2.45, 2.75) is 24.9 Å². The molecule has 0 saturated carbocycles. The minimum absolute atomic E-state index is 0.125. The van der Waals surface area contributed by atoms with Gasteiger partial charge in [0.25, 0.3) is 5.56 Å². The van der Waals surface area contributed by atoms with Crippen molar-refractivity contribution in [3.8, 4) is 0 Å². The van der Waals surface area contributed by atoms with Gasteiger partial charge in [0, 0.05) is 20.5 Å². The van der Waals surface area contributed by atoms with Crippen molar-refractivity contribution < 1.29 is 14.9 Å². The van der Waals surface area contributed by atoms with Crippen LogP contribution in [0.3, 0.4) is 0 Å². The smallest absolute Gasteiger partial charge is 0.280 e. The number of aromatic amines is 1. The maximum Gasteiger partial charge on any atom is 0.280 e. The lowest BCUT2D eigenvalue weighted by Crippen LogP contribution is -2.24. The molecular formula is C15H20N6O4. The van der Waals surface area contributed by atoms with Crippen LogP contribution in [0.2, 0.25) is 0 Å². The molecule has 0 aliphatic carbocycles. The maximum atomic E-state index is 12.3. The molecule has 3 rings (SSSR count). The Labute approximate surface area is 143 Å². The number of nitrogens with one attached hydrogen (secondary N) is 1. The molecule has 0 bridgehead atoms. The first-order valence-corrected chi connectivity index (χ1v) is 7.74. The number of imidazole rings is 1. The highest BCUT2D eigenvalue weighted by atomic mass is 16.5. The molecule has 1 aliphatic rings. The predicted octanol–water partition coefficient (Wildman–Crippen LogP) is -0.375. The fourth-order valence-electron chi connectivity index (χ4n) is 2.69. The van der Waals surface area contributed by atoms with E-state index in [0.717, 1.165) is 0 Å². The summed E-state index contributed by atoms with van der Waals surface area (Å²) in [5, 5.41) is 19.3. The van der Waals surface area contributed by atoms with Crippen LogP contribution in [-0.4, -0.2) is 73.9 Å². The number of nitrogens with zero attached hydrogens (tertiary/aromatic N) is 5. The van der Waals surface area contributed by atoms with Crippen LogP contribution in [0, 0.1) is 0 Å². The highest BCUT2D eigenvalue weighted by Crippen LogP contribution is 2.32. The summed E-state index contributed by atoms with van der Waals surface area (Å²) in [7, 11) is 3.59. The second kappa shape index (κ2) is 6.75. The average molecular weight is 348 g/mol. The number of hydrogen-bond donors (Lipinski definition) is 3. The summed E-state index contributed by atoms with van der Waals surface area (Å²) in [5.41, 5.74) is -0.0282. The molecule has 0 unspecified atom stereocenters. The van der Waals surface area contributed by atoms with Crippen molar-refractivity contribution in [2.24, 2.45) is 4.99 Å². The molecule has 10 nitrogen and oxygen atoms in total. The van der Waals surface area contributed by atoms with E-state index in [9.17, 15) is 15.0 Å². The zero-order valence-electron chi connectivity index (χ0n) is 14.0. The Hall–Kier alpha value is -2.56. The molecule has 2 aromatic rings. The number of fused-ring (bicyclic) bond motifs is 1. The van der Waals surface area contributed by atoms with E-state index in [2.05, 4.69) is 26.5 Å². The van der Waals surface area contributed by atoms with E-state index < -0.39 is 24.0 Å². The van der Waals surface area contributed by atoms with Crippen molar-refractivity contribution >= 4 is 29.5 Å². The Morgan fingerprint density at radius 2 is 2.28 bits per heavy atom. The summed E-state index contributed by atoms with van der Waals surface area (Å²) >= 11 is 0. The van der Waals surface area contributed by atoms with Crippen LogP contribution in [-0.2, 0) is 4.74 Å². The minimum atomic E-state index is -0.821. The van der Waals surface area contributed by atoms with Gasteiger partial charge in [-0.3, -0.25) is 14.3 Å². The normalized spacial score (nSPS) is 23.6. The van der Waals surface area contributed by atoms with Gasteiger partial charge >= 0.3 is 0 Å². The summed E-state index contributed by atoms with van der Waals surface area (Å²) in [6.07, 6.45) is 1.09. The number of aliphatic hydroxyl groups is 2. The van der Waals surface area contributed by atoms with E-state index in [1.807, 2.05) is 0 Å². The summed E-state index contributed by atoms with van der Waals surface area (Å²) in [6.45, 7) is 3.40. The van der Waals surface area contributed by atoms with Crippen LogP contribution >= 0.6 is 0 Å². The maximum absolute atomic E-state index is 12.3.